The van der Waals surface area contributed by atoms with Crippen LogP contribution in [0, 0.1) is 0 Å². The molecule has 4 N–H and O–H groups in total. The lowest BCUT2D eigenvalue weighted by Crippen LogP contribution is -2.31. The minimum atomic E-state index is -3.74. The monoisotopic (exact) mass is 409 g/mol. The van der Waals surface area contributed by atoms with E-state index in [9.17, 15) is 13.2 Å². The van der Waals surface area contributed by atoms with Crippen LogP contribution in [0.5, 0.6) is 0 Å². The largest absolute Gasteiger partial charge is 0.331 e. The van der Waals surface area contributed by atoms with Gasteiger partial charge < -0.3 is 10.6 Å². The zero-order chi connectivity index (χ0) is 20.9. The molecule has 3 rings (SSSR count). The van der Waals surface area contributed by atoms with Crippen LogP contribution in [0.2, 0.25) is 0 Å². The lowest BCUT2D eigenvalue weighted by atomic mass is 10.0. The zero-order valence-electron chi connectivity index (χ0n) is 16.0. The Bertz CT molecular complexity index is 1080. The molecule has 0 spiro atoms. The van der Waals surface area contributed by atoms with Gasteiger partial charge in [0.2, 0.25) is 10.0 Å². The van der Waals surface area contributed by atoms with Crippen LogP contribution in [-0.4, -0.2) is 14.4 Å². The van der Waals surface area contributed by atoms with Crippen LogP contribution >= 0.6 is 0 Å². The standard InChI is InChI=1S/C22H23N3O3S/c1-16(18-11-13-20(14-12-18)29(23,27)28)24-22(26)25-21-10-6-5-9-19(21)15-17-7-3-2-4-8-17/h2-14,16H,15H2,1H3,(H2,23,27,28)(H2,24,25,26). The molecule has 0 fully saturated rings. The maximum Gasteiger partial charge on any atom is 0.319 e. The summed E-state index contributed by atoms with van der Waals surface area (Å²) in [5.41, 5.74) is 3.68. The third kappa shape index (κ3) is 5.66. The van der Waals surface area contributed by atoms with E-state index in [4.69, 9.17) is 5.14 Å². The number of carbonyl (C=O) groups excluding carboxylic acids is 1. The molecule has 6 nitrogen and oxygen atoms in total. The molecular formula is C22H23N3O3S. The summed E-state index contributed by atoms with van der Waals surface area (Å²) in [4.78, 5) is 12.5. The number of primary sulfonamides is 1. The number of anilines is 1. The van der Waals surface area contributed by atoms with Gasteiger partial charge in [-0.1, -0.05) is 60.7 Å². The maximum atomic E-state index is 12.5. The molecule has 2 amide bonds. The Morgan fingerprint density at radius 2 is 1.55 bits per heavy atom. The highest BCUT2D eigenvalue weighted by molar-refractivity contribution is 7.89. The zero-order valence-corrected chi connectivity index (χ0v) is 16.8. The van der Waals surface area contributed by atoms with Crippen molar-refractivity contribution in [2.45, 2.75) is 24.3 Å². The first-order valence-electron chi connectivity index (χ1n) is 9.15. The molecular weight excluding hydrogens is 386 g/mol. The van der Waals surface area contributed by atoms with Crippen LogP contribution < -0.4 is 15.8 Å². The molecule has 0 aromatic heterocycles. The predicted octanol–water partition coefficient (Wildman–Crippen LogP) is 3.81. The molecule has 3 aromatic carbocycles. The number of carbonyl (C=O) groups is 1. The van der Waals surface area contributed by atoms with Gasteiger partial charge in [-0.15, -0.1) is 0 Å². The lowest BCUT2D eigenvalue weighted by Gasteiger charge is -2.17. The highest BCUT2D eigenvalue weighted by atomic mass is 32.2. The number of benzene rings is 3. The normalized spacial score (nSPS) is 12.2. The van der Waals surface area contributed by atoms with E-state index in [2.05, 4.69) is 10.6 Å². The highest BCUT2D eigenvalue weighted by Gasteiger charge is 2.13. The van der Waals surface area contributed by atoms with E-state index in [0.717, 1.165) is 22.4 Å². The number of urea groups is 1. The number of nitrogens with two attached hydrogens (primary N) is 1. The van der Waals surface area contributed by atoms with Gasteiger partial charge in [-0.2, -0.15) is 0 Å². The smallest absolute Gasteiger partial charge is 0.319 e. The number of para-hydroxylation sites is 1. The van der Waals surface area contributed by atoms with Crippen molar-refractivity contribution in [2.24, 2.45) is 5.14 Å². The second-order valence-corrected chi connectivity index (χ2v) is 8.32. The highest BCUT2D eigenvalue weighted by Crippen LogP contribution is 2.20. The van der Waals surface area contributed by atoms with E-state index in [1.165, 1.54) is 12.1 Å². The van der Waals surface area contributed by atoms with Gasteiger partial charge in [0.15, 0.2) is 0 Å². The van der Waals surface area contributed by atoms with Crippen LogP contribution in [0.4, 0.5) is 10.5 Å². The Morgan fingerprint density at radius 3 is 2.21 bits per heavy atom. The topological polar surface area (TPSA) is 101 Å². The SMILES string of the molecule is CC(NC(=O)Nc1ccccc1Cc1ccccc1)c1ccc(S(N)(=O)=O)cc1. The quantitative estimate of drug-likeness (QED) is 0.577. The Hall–Kier alpha value is -3.16. The molecule has 0 aliphatic carbocycles. The van der Waals surface area contributed by atoms with Crippen LogP contribution in [0.15, 0.2) is 83.8 Å². The van der Waals surface area contributed by atoms with Crippen LogP contribution in [-0.2, 0) is 16.4 Å². The Kier molecular flexibility index (Phi) is 6.31. The fourth-order valence-corrected chi connectivity index (χ4v) is 3.51. The van der Waals surface area contributed by atoms with E-state index < -0.39 is 10.0 Å². The first kappa shape index (κ1) is 20.6. The van der Waals surface area contributed by atoms with Crippen molar-refractivity contribution in [3.8, 4) is 0 Å². The molecule has 29 heavy (non-hydrogen) atoms. The summed E-state index contributed by atoms with van der Waals surface area (Å²) in [6, 6.07) is 23.2. The van der Waals surface area contributed by atoms with Gasteiger partial charge in [-0.05, 0) is 48.2 Å². The number of amides is 2. The predicted molar refractivity (Wildman–Crippen MR) is 114 cm³/mol. The van der Waals surface area contributed by atoms with Gasteiger partial charge in [0, 0.05) is 5.69 Å². The van der Waals surface area contributed by atoms with Crippen molar-refractivity contribution in [3.63, 3.8) is 0 Å². The first-order chi connectivity index (χ1) is 13.8. The number of hydrogen-bond donors (Lipinski definition) is 3. The van der Waals surface area contributed by atoms with Crippen molar-refractivity contribution in [1.29, 1.82) is 0 Å². The van der Waals surface area contributed by atoms with Gasteiger partial charge in [-0.25, -0.2) is 18.4 Å². The van der Waals surface area contributed by atoms with Crippen molar-refractivity contribution >= 4 is 21.7 Å². The van der Waals surface area contributed by atoms with Crippen LogP contribution in [0.1, 0.15) is 29.7 Å². The molecule has 1 atom stereocenters. The number of sulfonamides is 1. The molecule has 0 aliphatic rings. The van der Waals surface area contributed by atoms with Gasteiger partial charge in [0.05, 0.1) is 10.9 Å². The molecule has 150 valence electrons. The molecule has 0 bridgehead atoms. The van der Waals surface area contributed by atoms with E-state index in [0.29, 0.717) is 6.42 Å². The Labute approximate surface area is 170 Å². The van der Waals surface area contributed by atoms with Crippen LogP contribution in [0.25, 0.3) is 0 Å². The molecule has 0 saturated carbocycles. The summed E-state index contributed by atoms with van der Waals surface area (Å²) in [6.07, 6.45) is 0.710. The van der Waals surface area contributed by atoms with Crippen molar-refractivity contribution < 1.29 is 13.2 Å². The summed E-state index contributed by atoms with van der Waals surface area (Å²) in [5.74, 6) is 0. The van der Waals surface area contributed by atoms with Crippen molar-refractivity contribution in [3.05, 3.63) is 95.6 Å². The van der Waals surface area contributed by atoms with Crippen molar-refractivity contribution in [1.82, 2.24) is 5.32 Å². The Morgan fingerprint density at radius 1 is 0.931 bits per heavy atom. The minimum Gasteiger partial charge on any atom is -0.331 e. The van der Waals surface area contributed by atoms with Gasteiger partial charge in [0.25, 0.3) is 0 Å². The Balaban J connectivity index is 1.66. The summed E-state index contributed by atoms with van der Waals surface area (Å²) >= 11 is 0. The second-order valence-electron chi connectivity index (χ2n) is 6.75. The maximum absolute atomic E-state index is 12.5. The molecule has 7 heteroatoms. The average Bonchev–Trinajstić information content (AvgIpc) is 2.69. The van der Waals surface area contributed by atoms with Crippen LogP contribution in [0.3, 0.4) is 0 Å². The van der Waals surface area contributed by atoms with E-state index in [1.807, 2.05) is 61.5 Å². The van der Waals surface area contributed by atoms with Gasteiger partial charge in [-0.3, -0.25) is 0 Å². The lowest BCUT2D eigenvalue weighted by molar-refractivity contribution is 0.249. The van der Waals surface area contributed by atoms with E-state index in [1.54, 1.807) is 12.1 Å². The number of hydrogen-bond acceptors (Lipinski definition) is 3. The summed E-state index contributed by atoms with van der Waals surface area (Å²) in [6.45, 7) is 1.82. The van der Waals surface area contributed by atoms with E-state index in [-0.39, 0.29) is 17.0 Å². The fourth-order valence-electron chi connectivity index (χ4n) is 3.00. The molecule has 0 radical (unpaired) electrons. The summed E-state index contributed by atoms with van der Waals surface area (Å²) < 4.78 is 22.7. The first-order valence-corrected chi connectivity index (χ1v) is 10.7. The van der Waals surface area contributed by atoms with E-state index >= 15 is 0 Å². The average molecular weight is 410 g/mol. The molecule has 1 unspecified atom stereocenters. The summed E-state index contributed by atoms with van der Waals surface area (Å²) in [5, 5.41) is 10.9. The molecule has 0 heterocycles. The third-order valence-corrected chi connectivity index (χ3v) is 5.49. The minimum absolute atomic E-state index is 0.0349. The molecule has 0 saturated heterocycles. The summed E-state index contributed by atoms with van der Waals surface area (Å²) in [7, 11) is -3.74. The third-order valence-electron chi connectivity index (χ3n) is 4.56. The van der Waals surface area contributed by atoms with Gasteiger partial charge in [0.1, 0.15) is 0 Å². The second kappa shape index (κ2) is 8.89. The number of nitrogens with one attached hydrogen (secondary N) is 2. The molecule has 0 aliphatic heterocycles. The van der Waals surface area contributed by atoms with Gasteiger partial charge >= 0.3 is 6.03 Å². The fraction of sp³-hybridized carbons (Fsp3) is 0.136. The molecule has 3 aromatic rings. The number of rotatable bonds is 6. The van der Waals surface area contributed by atoms with Crippen molar-refractivity contribution in [2.75, 3.05) is 5.32 Å².